The van der Waals surface area contributed by atoms with Gasteiger partial charge in [-0.25, -0.2) is 4.98 Å². The van der Waals surface area contributed by atoms with E-state index in [1.165, 1.54) is 16.9 Å². The molecule has 4 rings (SSSR count). The Hall–Kier alpha value is -2.67. The number of amides is 1. The summed E-state index contributed by atoms with van der Waals surface area (Å²) >= 11 is 1.43. The second-order valence-electron chi connectivity index (χ2n) is 7.24. The highest BCUT2D eigenvalue weighted by Gasteiger charge is 2.26. The van der Waals surface area contributed by atoms with Gasteiger partial charge in [-0.2, -0.15) is 0 Å². The number of piperidine rings is 1. The number of aromatic amines is 1. The molecule has 1 aliphatic rings. The van der Waals surface area contributed by atoms with Crippen molar-refractivity contribution in [2.45, 2.75) is 26.7 Å². The number of carbonyl (C=O) groups is 1. The molecule has 2 aromatic heterocycles. The third kappa shape index (κ3) is 3.54. The highest BCUT2D eigenvalue weighted by Crippen LogP contribution is 2.32. The number of rotatable bonds is 4. The Labute approximate surface area is 167 Å². The number of H-pyrrole nitrogens is 1. The second-order valence-corrected chi connectivity index (χ2v) is 8.12. The van der Waals surface area contributed by atoms with Crippen LogP contribution in [0.3, 0.4) is 0 Å². The van der Waals surface area contributed by atoms with Crippen LogP contribution in [0.25, 0.3) is 21.3 Å². The number of benzene rings is 1. The average molecular weight is 397 g/mol. The molecular formula is C21H24N4O2S. The Morgan fingerprint density at radius 3 is 2.86 bits per heavy atom. The van der Waals surface area contributed by atoms with Gasteiger partial charge in [0.15, 0.2) is 0 Å². The molecule has 0 unspecified atom stereocenters. The largest absolute Gasteiger partial charge is 0.356 e. The summed E-state index contributed by atoms with van der Waals surface area (Å²) in [5.41, 5.74) is 3.89. The lowest BCUT2D eigenvalue weighted by Gasteiger charge is -2.31. The van der Waals surface area contributed by atoms with Crippen LogP contribution < -0.4 is 15.8 Å². The highest BCUT2D eigenvalue weighted by molar-refractivity contribution is 7.17. The van der Waals surface area contributed by atoms with Crippen LogP contribution in [-0.2, 0) is 4.79 Å². The van der Waals surface area contributed by atoms with Crippen LogP contribution in [-0.4, -0.2) is 35.5 Å². The van der Waals surface area contributed by atoms with Crippen molar-refractivity contribution in [1.82, 2.24) is 15.3 Å². The summed E-state index contributed by atoms with van der Waals surface area (Å²) in [6.45, 7) is 6.07. The monoisotopic (exact) mass is 396 g/mol. The van der Waals surface area contributed by atoms with Gasteiger partial charge >= 0.3 is 0 Å². The van der Waals surface area contributed by atoms with E-state index in [1.807, 2.05) is 18.4 Å². The van der Waals surface area contributed by atoms with E-state index in [1.54, 1.807) is 0 Å². The molecule has 28 heavy (non-hydrogen) atoms. The van der Waals surface area contributed by atoms with Crippen LogP contribution in [0.5, 0.6) is 0 Å². The van der Waals surface area contributed by atoms with E-state index in [4.69, 9.17) is 4.98 Å². The molecule has 1 aromatic carbocycles. The van der Waals surface area contributed by atoms with Crippen molar-refractivity contribution >= 4 is 33.4 Å². The fraction of sp³-hybridized carbons (Fsp3) is 0.381. The predicted octanol–water partition coefficient (Wildman–Crippen LogP) is 3.31. The number of fused-ring (bicyclic) bond motifs is 1. The number of anilines is 1. The maximum absolute atomic E-state index is 12.6. The summed E-state index contributed by atoms with van der Waals surface area (Å²) in [6, 6.07) is 8.24. The molecule has 6 nitrogen and oxygen atoms in total. The molecule has 0 atom stereocenters. The molecular weight excluding hydrogens is 372 g/mol. The van der Waals surface area contributed by atoms with Crippen molar-refractivity contribution in [2.24, 2.45) is 5.92 Å². The molecule has 146 valence electrons. The Morgan fingerprint density at radius 2 is 2.14 bits per heavy atom. The van der Waals surface area contributed by atoms with Crippen LogP contribution >= 0.6 is 11.3 Å². The van der Waals surface area contributed by atoms with Crippen LogP contribution in [0.15, 0.2) is 34.4 Å². The average Bonchev–Trinajstić information content (AvgIpc) is 3.13. The Bertz CT molecular complexity index is 1060. The normalized spacial score (nSPS) is 15.1. The summed E-state index contributed by atoms with van der Waals surface area (Å²) in [6.07, 6.45) is 1.53. The van der Waals surface area contributed by atoms with Crippen molar-refractivity contribution < 1.29 is 4.79 Å². The van der Waals surface area contributed by atoms with E-state index in [0.717, 1.165) is 29.5 Å². The number of nitrogens with one attached hydrogen (secondary N) is 2. The Kier molecular flexibility index (Phi) is 5.17. The van der Waals surface area contributed by atoms with Gasteiger partial charge in [0.2, 0.25) is 11.9 Å². The highest BCUT2D eigenvalue weighted by atomic mass is 32.1. The smallest absolute Gasteiger partial charge is 0.270 e. The van der Waals surface area contributed by atoms with Gasteiger partial charge in [0.25, 0.3) is 5.56 Å². The van der Waals surface area contributed by atoms with Gasteiger partial charge in [-0.15, -0.1) is 11.3 Å². The fourth-order valence-corrected chi connectivity index (χ4v) is 4.66. The molecule has 7 heteroatoms. The summed E-state index contributed by atoms with van der Waals surface area (Å²) < 4.78 is 0.650. The Morgan fingerprint density at radius 1 is 1.36 bits per heavy atom. The maximum atomic E-state index is 12.6. The minimum Gasteiger partial charge on any atom is -0.356 e. The minimum atomic E-state index is -0.102. The summed E-state index contributed by atoms with van der Waals surface area (Å²) in [5, 5.41) is 4.91. The first-order valence-corrected chi connectivity index (χ1v) is 10.6. The maximum Gasteiger partial charge on any atom is 0.270 e. The van der Waals surface area contributed by atoms with Crippen molar-refractivity contribution in [3.05, 3.63) is 45.6 Å². The number of hydrogen-bond acceptors (Lipinski definition) is 5. The molecule has 2 N–H and O–H groups in total. The van der Waals surface area contributed by atoms with E-state index in [2.05, 4.69) is 40.3 Å². The quantitative estimate of drug-likeness (QED) is 0.709. The molecule has 1 fully saturated rings. The molecule has 1 amide bonds. The van der Waals surface area contributed by atoms with Crippen molar-refractivity contribution in [3.63, 3.8) is 0 Å². The molecule has 0 aliphatic carbocycles. The van der Waals surface area contributed by atoms with Crippen molar-refractivity contribution in [2.75, 3.05) is 24.5 Å². The van der Waals surface area contributed by atoms with Gasteiger partial charge in [0.05, 0.1) is 5.52 Å². The first-order chi connectivity index (χ1) is 13.6. The van der Waals surface area contributed by atoms with Gasteiger partial charge < -0.3 is 10.2 Å². The lowest BCUT2D eigenvalue weighted by Crippen LogP contribution is -2.41. The molecule has 3 heterocycles. The van der Waals surface area contributed by atoms with Gasteiger partial charge in [0.1, 0.15) is 4.70 Å². The number of nitrogens with zero attached hydrogens (tertiary/aromatic N) is 2. The summed E-state index contributed by atoms with van der Waals surface area (Å²) in [5.74, 6) is 0.758. The molecule has 3 aromatic rings. The Balaban J connectivity index is 1.64. The molecule has 0 bridgehead atoms. The van der Waals surface area contributed by atoms with Gasteiger partial charge in [-0.05, 0) is 32.3 Å². The van der Waals surface area contributed by atoms with E-state index in [9.17, 15) is 9.59 Å². The zero-order chi connectivity index (χ0) is 19.7. The number of hydrogen-bond donors (Lipinski definition) is 2. The zero-order valence-electron chi connectivity index (χ0n) is 16.1. The van der Waals surface area contributed by atoms with Crippen LogP contribution in [0.4, 0.5) is 5.95 Å². The molecule has 0 radical (unpaired) electrons. The van der Waals surface area contributed by atoms with Gasteiger partial charge in [0, 0.05) is 36.5 Å². The summed E-state index contributed by atoms with van der Waals surface area (Å²) in [7, 11) is 0. The number of carbonyl (C=O) groups excluding carboxylic acids is 1. The lowest BCUT2D eigenvalue weighted by atomic mass is 9.96. The van der Waals surface area contributed by atoms with E-state index in [-0.39, 0.29) is 17.4 Å². The van der Waals surface area contributed by atoms with Crippen LogP contribution in [0.2, 0.25) is 0 Å². The van der Waals surface area contributed by atoms with E-state index < -0.39 is 0 Å². The molecule has 1 aliphatic heterocycles. The SMILES string of the molecule is CCNC(=O)C1CCN(c2nc3c(-c4cccc(C)c4)csc3c(=O)[nH]2)CC1. The number of thiophene rings is 1. The third-order valence-corrected chi connectivity index (χ3v) is 6.23. The van der Waals surface area contributed by atoms with Crippen molar-refractivity contribution in [1.29, 1.82) is 0 Å². The van der Waals surface area contributed by atoms with Gasteiger partial charge in [-0.1, -0.05) is 29.8 Å². The van der Waals surface area contributed by atoms with Gasteiger partial charge in [-0.3, -0.25) is 14.6 Å². The number of aromatic nitrogens is 2. The first kappa shape index (κ1) is 18.7. The first-order valence-electron chi connectivity index (χ1n) is 9.68. The third-order valence-electron chi connectivity index (χ3n) is 5.26. The van der Waals surface area contributed by atoms with Crippen molar-refractivity contribution in [3.8, 4) is 11.1 Å². The summed E-state index contributed by atoms with van der Waals surface area (Å²) in [4.78, 5) is 34.5. The zero-order valence-corrected chi connectivity index (χ0v) is 16.9. The second kappa shape index (κ2) is 7.75. The molecule has 0 saturated carbocycles. The lowest BCUT2D eigenvalue weighted by molar-refractivity contribution is -0.125. The van der Waals surface area contributed by atoms with Crippen LogP contribution in [0, 0.1) is 12.8 Å². The fourth-order valence-electron chi connectivity index (χ4n) is 3.76. The topological polar surface area (TPSA) is 78.1 Å². The predicted molar refractivity (Wildman–Crippen MR) is 114 cm³/mol. The minimum absolute atomic E-state index is 0.0376. The van der Waals surface area contributed by atoms with Crippen LogP contribution in [0.1, 0.15) is 25.3 Å². The standard InChI is InChI=1S/C21H24N4O2S/c1-3-22-19(26)14-7-9-25(10-8-14)21-23-17-16(12-28-18(17)20(27)24-21)15-6-4-5-13(2)11-15/h4-6,11-12,14H,3,7-10H2,1-2H3,(H,22,26)(H,23,24,27). The van der Waals surface area contributed by atoms with E-state index in [0.29, 0.717) is 30.3 Å². The van der Waals surface area contributed by atoms with E-state index >= 15 is 0 Å². The number of aryl methyl sites for hydroxylation is 1. The molecule has 1 saturated heterocycles. The molecule has 0 spiro atoms.